The van der Waals surface area contributed by atoms with Crippen LogP contribution in [0.3, 0.4) is 0 Å². The molecular formula is C21H23N3OS. The van der Waals surface area contributed by atoms with Gasteiger partial charge in [-0.25, -0.2) is 9.97 Å². The summed E-state index contributed by atoms with van der Waals surface area (Å²) in [6, 6.07) is 16.3. The third-order valence-electron chi connectivity index (χ3n) is 4.29. The highest BCUT2D eigenvalue weighted by molar-refractivity contribution is 8.00. The average Bonchev–Trinajstić information content (AvgIpc) is 2.66. The molecule has 5 heteroatoms. The molecule has 1 amide bonds. The Bertz CT molecular complexity index is 909. The Kier molecular flexibility index (Phi) is 5.89. The molecule has 0 aliphatic rings. The maximum atomic E-state index is 12.4. The summed E-state index contributed by atoms with van der Waals surface area (Å²) in [5.74, 6) is 1.05. The number of benzene rings is 2. The number of carbonyl (C=O) groups excluding carboxylic acids is 1. The fraction of sp³-hybridized carbons (Fsp3) is 0.286. The van der Waals surface area contributed by atoms with E-state index in [2.05, 4.69) is 46.5 Å². The number of nitrogens with one attached hydrogen (secondary N) is 1. The highest BCUT2D eigenvalue weighted by Gasteiger charge is 2.12. The van der Waals surface area contributed by atoms with Crippen LogP contribution >= 0.6 is 11.8 Å². The van der Waals surface area contributed by atoms with Crippen LogP contribution in [-0.4, -0.2) is 21.6 Å². The fourth-order valence-corrected chi connectivity index (χ4v) is 3.69. The highest BCUT2D eigenvalue weighted by Crippen LogP contribution is 2.25. The van der Waals surface area contributed by atoms with E-state index in [0.29, 0.717) is 5.75 Å². The number of nitrogens with zero attached hydrogens (tertiary/aromatic N) is 2. The maximum absolute atomic E-state index is 12.4. The van der Waals surface area contributed by atoms with Gasteiger partial charge >= 0.3 is 0 Å². The molecule has 134 valence electrons. The van der Waals surface area contributed by atoms with Crippen LogP contribution in [0.5, 0.6) is 0 Å². The van der Waals surface area contributed by atoms with Crippen LogP contribution in [0.15, 0.2) is 53.6 Å². The van der Waals surface area contributed by atoms with Gasteiger partial charge in [-0.2, -0.15) is 0 Å². The molecule has 0 saturated heterocycles. The number of hydrogen-bond acceptors (Lipinski definition) is 4. The molecule has 3 aromatic rings. The first kappa shape index (κ1) is 18.4. The number of hydrogen-bond donors (Lipinski definition) is 1. The van der Waals surface area contributed by atoms with Crippen LogP contribution in [0, 0.1) is 6.92 Å². The van der Waals surface area contributed by atoms with Crippen LogP contribution in [-0.2, 0) is 11.2 Å². The summed E-state index contributed by atoms with van der Waals surface area (Å²) in [6.07, 6.45) is 1.02. The Labute approximate surface area is 158 Å². The molecule has 1 N–H and O–H groups in total. The summed E-state index contributed by atoms with van der Waals surface area (Å²) in [7, 11) is 0. The van der Waals surface area contributed by atoms with Gasteiger partial charge in [0.05, 0.1) is 17.3 Å². The van der Waals surface area contributed by atoms with E-state index in [-0.39, 0.29) is 11.9 Å². The number of aromatic nitrogens is 2. The topological polar surface area (TPSA) is 54.9 Å². The van der Waals surface area contributed by atoms with Crippen molar-refractivity contribution < 1.29 is 4.79 Å². The minimum absolute atomic E-state index is 0.00224. The van der Waals surface area contributed by atoms with Crippen LogP contribution in [0.2, 0.25) is 0 Å². The first-order chi connectivity index (χ1) is 12.6. The third-order valence-corrected chi connectivity index (χ3v) is 5.28. The lowest BCUT2D eigenvalue weighted by atomic mass is 10.1. The molecule has 0 fully saturated rings. The lowest BCUT2D eigenvalue weighted by molar-refractivity contribution is -0.119. The molecule has 0 unspecified atom stereocenters. The van der Waals surface area contributed by atoms with Crippen molar-refractivity contribution in [2.45, 2.75) is 38.3 Å². The summed E-state index contributed by atoms with van der Waals surface area (Å²) in [5.41, 5.74) is 3.32. The number of thioether (sulfide) groups is 1. The molecule has 0 aliphatic carbocycles. The lowest BCUT2D eigenvalue weighted by Gasteiger charge is -2.15. The zero-order valence-corrected chi connectivity index (χ0v) is 16.1. The zero-order chi connectivity index (χ0) is 18.5. The molecule has 4 nitrogen and oxygen atoms in total. The number of amides is 1. The maximum Gasteiger partial charge on any atom is 0.230 e. The summed E-state index contributed by atoms with van der Waals surface area (Å²) in [4.78, 5) is 21.3. The Morgan fingerprint density at radius 1 is 1.12 bits per heavy atom. The molecule has 0 bridgehead atoms. The lowest BCUT2D eigenvalue weighted by Crippen LogP contribution is -2.28. The molecule has 0 saturated carbocycles. The molecule has 0 spiro atoms. The number of rotatable bonds is 6. The van der Waals surface area contributed by atoms with E-state index in [9.17, 15) is 4.79 Å². The molecular weight excluding hydrogens is 342 g/mol. The van der Waals surface area contributed by atoms with E-state index >= 15 is 0 Å². The Balaban J connectivity index is 1.63. The molecule has 3 rings (SSSR count). The first-order valence-electron chi connectivity index (χ1n) is 8.81. The second kappa shape index (κ2) is 8.32. The van der Waals surface area contributed by atoms with Crippen molar-refractivity contribution in [3.05, 3.63) is 65.5 Å². The molecule has 1 aromatic heterocycles. The largest absolute Gasteiger partial charge is 0.349 e. The SMILES string of the molecule is CCc1ccc([C@@H](C)NC(=O)CSc2nc(C)nc3ccccc23)cc1. The number of aryl methyl sites for hydroxylation is 2. The van der Waals surface area contributed by atoms with Crippen molar-refractivity contribution in [2.24, 2.45) is 0 Å². The van der Waals surface area contributed by atoms with Crippen LogP contribution in [0.1, 0.15) is 36.8 Å². The fourth-order valence-electron chi connectivity index (χ4n) is 2.81. The van der Waals surface area contributed by atoms with Gasteiger partial charge in [-0.1, -0.05) is 61.2 Å². The van der Waals surface area contributed by atoms with E-state index in [0.717, 1.165) is 33.7 Å². The van der Waals surface area contributed by atoms with Crippen LogP contribution in [0.25, 0.3) is 10.9 Å². The van der Waals surface area contributed by atoms with Crippen LogP contribution < -0.4 is 5.32 Å². The second-order valence-corrected chi connectivity index (χ2v) is 7.23. The molecule has 1 heterocycles. The van der Waals surface area contributed by atoms with Crippen LogP contribution in [0.4, 0.5) is 0 Å². The summed E-state index contributed by atoms with van der Waals surface area (Å²) < 4.78 is 0. The second-order valence-electron chi connectivity index (χ2n) is 6.27. The highest BCUT2D eigenvalue weighted by atomic mass is 32.2. The number of para-hydroxylation sites is 1. The van der Waals surface area contributed by atoms with E-state index in [1.54, 1.807) is 0 Å². The normalized spacial score (nSPS) is 12.1. The van der Waals surface area contributed by atoms with Gasteiger partial charge in [0, 0.05) is 5.39 Å². The van der Waals surface area contributed by atoms with Crippen molar-refractivity contribution >= 4 is 28.6 Å². The first-order valence-corrected chi connectivity index (χ1v) is 9.79. The molecule has 26 heavy (non-hydrogen) atoms. The predicted molar refractivity (Wildman–Crippen MR) is 107 cm³/mol. The zero-order valence-electron chi connectivity index (χ0n) is 15.3. The Morgan fingerprint density at radius 3 is 2.58 bits per heavy atom. The minimum Gasteiger partial charge on any atom is -0.349 e. The van der Waals surface area contributed by atoms with E-state index in [1.165, 1.54) is 17.3 Å². The number of fused-ring (bicyclic) bond motifs is 1. The van der Waals surface area contributed by atoms with Gasteiger partial charge in [0.25, 0.3) is 0 Å². The van der Waals surface area contributed by atoms with Crippen molar-refractivity contribution in [1.29, 1.82) is 0 Å². The molecule has 0 aliphatic heterocycles. The third kappa shape index (κ3) is 4.41. The Hall–Kier alpha value is -2.40. The van der Waals surface area contributed by atoms with Crippen molar-refractivity contribution in [3.63, 3.8) is 0 Å². The van der Waals surface area contributed by atoms with E-state index in [4.69, 9.17) is 0 Å². The minimum atomic E-state index is -0.0158. The van der Waals surface area contributed by atoms with Gasteiger partial charge in [-0.15, -0.1) is 0 Å². The summed E-state index contributed by atoms with van der Waals surface area (Å²) in [5, 5.41) is 4.90. The number of carbonyl (C=O) groups is 1. The molecule has 0 radical (unpaired) electrons. The average molecular weight is 366 g/mol. The van der Waals surface area contributed by atoms with Gasteiger partial charge in [0.15, 0.2) is 0 Å². The van der Waals surface area contributed by atoms with Gasteiger partial charge in [0.1, 0.15) is 10.9 Å². The molecule has 2 aromatic carbocycles. The quantitative estimate of drug-likeness (QED) is 0.517. The monoisotopic (exact) mass is 365 g/mol. The Morgan fingerprint density at radius 2 is 1.85 bits per heavy atom. The van der Waals surface area contributed by atoms with E-state index in [1.807, 2.05) is 38.1 Å². The predicted octanol–water partition coefficient (Wildman–Crippen LogP) is 4.47. The summed E-state index contributed by atoms with van der Waals surface area (Å²) in [6.45, 7) is 6.02. The van der Waals surface area contributed by atoms with Crippen molar-refractivity contribution in [3.8, 4) is 0 Å². The van der Waals surface area contributed by atoms with Crippen molar-refractivity contribution in [1.82, 2.24) is 15.3 Å². The summed E-state index contributed by atoms with van der Waals surface area (Å²) >= 11 is 1.45. The van der Waals surface area contributed by atoms with Crippen molar-refractivity contribution in [2.75, 3.05) is 5.75 Å². The molecule has 1 atom stereocenters. The van der Waals surface area contributed by atoms with E-state index < -0.39 is 0 Å². The smallest absolute Gasteiger partial charge is 0.230 e. The van der Waals surface area contributed by atoms with Gasteiger partial charge in [-0.3, -0.25) is 4.79 Å². The van der Waals surface area contributed by atoms with Gasteiger partial charge in [0.2, 0.25) is 5.91 Å². The van der Waals surface area contributed by atoms with Gasteiger partial charge in [-0.05, 0) is 37.5 Å². The standard InChI is InChI=1S/C21H23N3OS/c1-4-16-9-11-17(12-10-16)14(2)22-20(25)13-26-21-18-7-5-6-8-19(18)23-15(3)24-21/h5-12,14H,4,13H2,1-3H3,(H,22,25)/t14-/m1/s1. The van der Waals surface area contributed by atoms with Gasteiger partial charge < -0.3 is 5.32 Å².